The Morgan fingerprint density at radius 3 is 1.49 bits per heavy atom. The molecule has 0 aromatic carbocycles. The van der Waals surface area contributed by atoms with Crippen molar-refractivity contribution in [3.8, 4) is 0 Å². The van der Waals surface area contributed by atoms with Crippen molar-refractivity contribution in [3.63, 3.8) is 0 Å². The fraction of sp³-hybridized carbons (Fsp3) is 1.00. The Balaban J connectivity index is 0.680. The van der Waals surface area contributed by atoms with Gasteiger partial charge in [0.15, 0.2) is 0 Å². The summed E-state index contributed by atoms with van der Waals surface area (Å²) in [6.07, 6.45) is 9.58. The Labute approximate surface area is 465 Å². The van der Waals surface area contributed by atoms with E-state index in [1.165, 1.54) is 225 Å². The van der Waals surface area contributed by atoms with Crippen molar-refractivity contribution in [1.29, 1.82) is 0 Å². The number of rotatable bonds is 0. The van der Waals surface area contributed by atoms with Gasteiger partial charge in [-0.1, -0.05) is 0 Å². The summed E-state index contributed by atoms with van der Waals surface area (Å²) in [6, 6.07) is 0. The minimum atomic E-state index is 1.02. The molecule has 0 nitrogen and oxygen atoms in total. The van der Waals surface area contributed by atoms with Crippen LogP contribution in [-0.4, -0.2) is 0 Å². The highest BCUT2D eigenvalue weighted by Gasteiger charge is 3.74. The molecule has 59 saturated carbocycles. The highest BCUT2D eigenvalue weighted by atomic mass is 15.8. The van der Waals surface area contributed by atoms with Gasteiger partial charge in [0.25, 0.3) is 0 Å². The van der Waals surface area contributed by atoms with Gasteiger partial charge in [-0.2, -0.15) is 0 Å². The number of fused-ring (bicyclic) bond motifs is 25. The van der Waals surface area contributed by atoms with Gasteiger partial charge in [-0.3, -0.25) is 0 Å². The highest BCUT2D eigenvalue weighted by Crippen LogP contribution is 3.74. The van der Waals surface area contributed by atoms with Crippen molar-refractivity contribution in [2.24, 2.45) is 436 Å². The van der Waals surface area contributed by atoms with Gasteiger partial charge in [0, 0.05) is 0 Å². The second-order valence-electron chi connectivity index (χ2n) is 53.6. The lowest BCUT2D eigenvalue weighted by Gasteiger charge is -3.68. The second-order valence-corrected chi connectivity index (χ2v) is 53.6. The van der Waals surface area contributed by atoms with E-state index in [0.717, 1.165) is 211 Å². The van der Waals surface area contributed by atoms with Crippen LogP contribution in [0.25, 0.3) is 0 Å². The van der Waals surface area contributed by atoms with Crippen LogP contribution in [-0.2, 0) is 0 Å². The Bertz CT molecular complexity index is 5980. The third-order valence-electron chi connectivity index (χ3n) is 71.9. The molecule has 0 heterocycles. The van der Waals surface area contributed by atoms with Crippen LogP contribution >= 0.6 is 0 Å². The first-order valence-corrected chi connectivity index (χ1v) is 40.8. The van der Waals surface area contributed by atoms with Crippen LogP contribution in [0.3, 0.4) is 0 Å². The van der Waals surface area contributed by atoms with E-state index in [0.29, 0.717) is 0 Å². The Morgan fingerprint density at radius 2 is 0.707 bits per heavy atom. The van der Waals surface area contributed by atoms with E-state index < -0.39 is 0 Å². The third-order valence-corrected chi connectivity index (χ3v) is 71.9. The van der Waals surface area contributed by atoms with E-state index in [2.05, 4.69) is 6.42 Å². The van der Waals surface area contributed by atoms with E-state index in [-0.39, 0.29) is 0 Å². The third kappa shape index (κ3) is 0.607. The summed E-state index contributed by atoms with van der Waals surface area (Å²) in [7, 11) is 0. The molecule has 0 heteroatoms. The van der Waals surface area contributed by atoms with Crippen molar-refractivity contribution >= 4 is 0 Å². The Morgan fingerprint density at radius 1 is 0.207 bits per heavy atom. The molecule has 59 rings (SSSR count). The van der Waals surface area contributed by atoms with Crippen molar-refractivity contribution < 1.29 is 0 Å². The monoisotopic (exact) mass is 1030 g/mol. The van der Waals surface area contributed by atoms with Gasteiger partial charge in [-0.05, 0) is 468 Å². The molecule has 59 aliphatic rings. The summed E-state index contributed by atoms with van der Waals surface area (Å²) in [4.78, 5) is 0. The van der Waals surface area contributed by atoms with Crippen LogP contribution in [0.2, 0.25) is 0 Å². The van der Waals surface area contributed by atoms with Crippen LogP contribution in [0.4, 0.5) is 0 Å². The van der Waals surface area contributed by atoms with Gasteiger partial charge < -0.3 is 0 Å². The zero-order valence-corrected chi connectivity index (χ0v) is 45.0. The average Bonchev–Trinajstić information content (AvgIpc) is 0.597. The summed E-state index contributed by atoms with van der Waals surface area (Å²) in [6.45, 7) is 0. The zero-order chi connectivity index (χ0) is 45.0. The zero-order valence-electron chi connectivity index (χ0n) is 45.0. The van der Waals surface area contributed by atoms with Crippen LogP contribution < -0.4 is 0 Å². The second kappa shape index (κ2) is 4.16. The lowest BCUT2D eigenvalue weighted by molar-refractivity contribution is -1.24. The van der Waals surface area contributed by atoms with Crippen molar-refractivity contribution in [1.82, 2.24) is 0 Å². The van der Waals surface area contributed by atoms with Gasteiger partial charge in [0.1, 0.15) is 0 Å². The van der Waals surface area contributed by atoms with Gasteiger partial charge in [0.2, 0.25) is 0 Å². The molecule has 0 aliphatic heterocycles. The molecular weight excluding hydrogens is 985 g/mol. The SMILES string of the molecule is C1C2CC3C4C5C6C7C8C9C%10C%11CC%12C%13C%14C%15C%16C%17C%18C%19C%20C%21CC%22C%23C%24C%25C%26C%27C%28C%29C%30C7(C67C%26C6C%26C1C23C%264C657)C81C%302C3C4C5C%296C%287C8CC%25%27C%24%25C%24C8%26C8%27C%24%28C%23%25C%22%21C%20%28C%198C%188C%17%18C%16%17C%15%16C%14%15C%13%14C%11%12C%10%11C91C21C32C43C54C65C7%26C8%27C%185C%174C%163C%152C%11%141. The quantitative estimate of drug-likeness (QED) is 0.256. The molecule has 77 atom stereocenters. The fourth-order valence-corrected chi connectivity index (χ4v) is 91.7. The van der Waals surface area contributed by atoms with E-state index in [1.807, 2.05) is 25.7 Å². The van der Waals surface area contributed by atoms with E-state index >= 15 is 0 Å². The summed E-state index contributed by atoms with van der Waals surface area (Å²) < 4.78 is 0. The molecule has 0 aromatic rings. The largest absolute Gasteiger partial charge is 0.0461 e. The van der Waals surface area contributed by atoms with Gasteiger partial charge >= 0.3 is 0 Å². The smallest absolute Gasteiger partial charge is 0.000405 e. The van der Waals surface area contributed by atoms with Crippen LogP contribution in [0.1, 0.15) is 32.1 Å². The Hall–Kier alpha value is 0. The van der Waals surface area contributed by atoms with Crippen LogP contribution in [0, 0.1) is 436 Å². The van der Waals surface area contributed by atoms with Crippen molar-refractivity contribution in [2.75, 3.05) is 0 Å². The standard InChI is InChI=1S/C82H48/c1-6-2-8-16-25-28-29-33-31-19-11-4-12-20-32-34-36-37-35-30-18-10-3-9-17-26-21-14-22-27-38-40-53(29,51(28)23(14)24-15-7(1)45(6,8)50(15,16)52(24,25)51)58(33)56(40)42-39-41-54(38)48(27)13-5-44(21,22)55(26)43-49(13)73(48)76(54)71(41)69(39)70(42)75(56)62(31,58)60(19)47(11,12)61(20)64(32)65(34)66(36)68(37)67(35)63(30)59(18)46(9,10)57(17,55)72(43,59)74(49,63)81(67,73)82(68,76)80(66,71)78(65,69)79(64,70)77(60,61)75/h6-43H,1-5H2. The first-order chi connectivity index (χ1) is 40.8. The van der Waals surface area contributed by atoms with E-state index in [1.54, 1.807) is 0 Å². The maximum Gasteiger partial charge on any atom is -0.000405 e. The molecule has 0 radical (unpaired) electrons. The van der Waals surface area contributed by atoms with Gasteiger partial charge in [-0.25, -0.2) is 0 Å². The van der Waals surface area contributed by atoms with Crippen molar-refractivity contribution in [2.45, 2.75) is 32.1 Å². The predicted molar refractivity (Wildman–Crippen MR) is 251 cm³/mol. The summed E-state index contributed by atoms with van der Waals surface area (Å²) in [5.74, 6) is 54.2. The molecular formula is C82H48. The molecule has 376 valence electrons. The molecule has 77 unspecified atom stereocenters. The van der Waals surface area contributed by atoms with Gasteiger partial charge in [-0.15, -0.1) is 0 Å². The minimum absolute atomic E-state index is 1.02. The number of hydrogen-bond donors (Lipinski definition) is 0. The maximum absolute atomic E-state index is 2.09. The molecule has 39 spiro atoms. The molecule has 0 aromatic heterocycles. The first kappa shape index (κ1) is 27.4. The van der Waals surface area contributed by atoms with Gasteiger partial charge in [0.05, 0.1) is 0 Å². The molecule has 2 bridgehead atoms. The van der Waals surface area contributed by atoms with E-state index in [4.69, 9.17) is 0 Å². The van der Waals surface area contributed by atoms with Crippen LogP contribution in [0.15, 0.2) is 0 Å². The summed E-state index contributed by atoms with van der Waals surface area (Å²) in [5.41, 5.74) is 43.2. The van der Waals surface area contributed by atoms with E-state index in [9.17, 15) is 0 Å². The fourth-order valence-electron chi connectivity index (χ4n) is 91.7. The summed E-state index contributed by atoms with van der Waals surface area (Å²) in [5, 5.41) is 0. The number of hydrogen-bond acceptors (Lipinski definition) is 0. The normalized spacial score (nSPS) is 143. The van der Waals surface area contributed by atoms with Crippen molar-refractivity contribution in [3.05, 3.63) is 0 Å². The lowest BCUT2D eigenvalue weighted by atomic mass is 8.33. The molecule has 59 aliphatic carbocycles. The maximum atomic E-state index is 2.09. The lowest BCUT2D eigenvalue weighted by Crippen LogP contribution is -3.68. The first-order valence-electron chi connectivity index (χ1n) is 40.8. The molecule has 0 saturated heterocycles. The minimum Gasteiger partial charge on any atom is -0.0461 e. The summed E-state index contributed by atoms with van der Waals surface area (Å²) >= 11 is 0. The highest BCUT2D eigenvalue weighted by molar-refractivity contribution is 6.18. The topological polar surface area (TPSA) is 0 Å². The molecule has 0 N–H and O–H groups in total. The van der Waals surface area contributed by atoms with Crippen LogP contribution in [0.5, 0.6) is 0 Å². The Kier molecular flexibility index (Phi) is 1.39. The predicted octanol–water partition coefficient (Wildman–Crippen LogP) is 6.62. The molecule has 0 amide bonds. The molecule has 59 fully saturated rings. The molecule has 82 heavy (non-hydrogen) atoms. The average molecular weight is 1030 g/mol.